The van der Waals surface area contributed by atoms with Gasteiger partial charge in [-0.05, 0) is 46.9 Å². The van der Waals surface area contributed by atoms with E-state index in [1.807, 2.05) is 19.1 Å². The van der Waals surface area contributed by atoms with Crippen LogP contribution in [-0.4, -0.2) is 16.7 Å². The zero-order chi connectivity index (χ0) is 12.9. The van der Waals surface area contributed by atoms with Gasteiger partial charge < -0.3 is 5.11 Å². The summed E-state index contributed by atoms with van der Waals surface area (Å²) < 4.78 is 0. The quantitative estimate of drug-likeness (QED) is 0.752. The molecule has 1 atom stereocenters. The third-order valence-electron chi connectivity index (χ3n) is 3.84. The number of carbonyl (C=O) groups is 2. The van der Waals surface area contributed by atoms with E-state index in [1.54, 1.807) is 0 Å². The van der Waals surface area contributed by atoms with Gasteiger partial charge in [0.15, 0.2) is 0 Å². The number of hydrogen-bond acceptors (Lipinski definition) is 3. The first kappa shape index (κ1) is 11.4. The zero-order valence-electron chi connectivity index (χ0n) is 10.2. The number of ketones is 2. The van der Waals surface area contributed by atoms with Gasteiger partial charge in [-0.1, -0.05) is 19.1 Å². The van der Waals surface area contributed by atoms with E-state index in [1.165, 1.54) is 6.08 Å². The van der Waals surface area contributed by atoms with Crippen LogP contribution in [0.25, 0.3) is 11.6 Å². The normalized spacial score (nSPS) is 18.7. The highest BCUT2D eigenvalue weighted by Crippen LogP contribution is 2.25. The van der Waals surface area contributed by atoms with Gasteiger partial charge in [0.2, 0.25) is 11.6 Å². The molecule has 1 aromatic carbocycles. The summed E-state index contributed by atoms with van der Waals surface area (Å²) in [5.41, 5.74) is 2.59. The Morgan fingerprint density at radius 1 is 1.28 bits per heavy atom. The molecule has 0 aromatic heterocycles. The van der Waals surface area contributed by atoms with Gasteiger partial charge in [-0.2, -0.15) is 0 Å². The van der Waals surface area contributed by atoms with Crippen molar-refractivity contribution in [1.82, 2.24) is 0 Å². The number of aliphatic hydroxyl groups excluding tert-OH is 1. The fourth-order valence-corrected chi connectivity index (χ4v) is 2.92. The van der Waals surface area contributed by atoms with Crippen molar-refractivity contribution >= 4 is 23.2 Å². The molecule has 3 rings (SSSR count). The third kappa shape index (κ3) is 1.40. The molecule has 0 saturated carbocycles. The number of aliphatic hydroxyl groups is 1. The molecule has 0 heterocycles. The largest absolute Gasteiger partial charge is 0.388 e. The van der Waals surface area contributed by atoms with E-state index in [9.17, 15) is 14.7 Å². The van der Waals surface area contributed by atoms with Crippen molar-refractivity contribution in [3.63, 3.8) is 0 Å². The van der Waals surface area contributed by atoms with Crippen LogP contribution < -0.4 is 10.4 Å². The van der Waals surface area contributed by atoms with Gasteiger partial charge in [-0.15, -0.1) is 0 Å². The Kier molecular flexibility index (Phi) is 2.45. The van der Waals surface area contributed by atoms with Gasteiger partial charge >= 0.3 is 0 Å². The van der Waals surface area contributed by atoms with Gasteiger partial charge in [-0.25, -0.2) is 0 Å². The summed E-state index contributed by atoms with van der Waals surface area (Å²) in [5, 5.41) is 11.7. The van der Waals surface area contributed by atoms with Crippen LogP contribution >= 0.6 is 0 Å². The lowest BCUT2D eigenvalue weighted by molar-refractivity contribution is -0.129. The van der Waals surface area contributed by atoms with Crippen molar-refractivity contribution in [2.45, 2.75) is 32.3 Å². The molecule has 2 aliphatic rings. The Balaban J connectivity index is 2.37. The topological polar surface area (TPSA) is 54.4 Å². The van der Waals surface area contributed by atoms with Gasteiger partial charge in [-0.3, -0.25) is 9.59 Å². The molecule has 3 heteroatoms. The molecule has 18 heavy (non-hydrogen) atoms. The molecule has 0 amide bonds. The number of benzene rings is 1. The van der Waals surface area contributed by atoms with Crippen molar-refractivity contribution in [3.8, 4) is 0 Å². The van der Waals surface area contributed by atoms with Crippen LogP contribution in [0.4, 0.5) is 0 Å². The van der Waals surface area contributed by atoms with E-state index in [-0.39, 0.29) is 5.78 Å². The van der Waals surface area contributed by atoms with Crippen molar-refractivity contribution in [3.05, 3.63) is 33.7 Å². The van der Waals surface area contributed by atoms with Crippen molar-refractivity contribution in [1.29, 1.82) is 0 Å². The van der Waals surface area contributed by atoms with Crippen LogP contribution in [0.1, 0.15) is 37.0 Å². The van der Waals surface area contributed by atoms with E-state index in [0.717, 1.165) is 28.0 Å². The minimum atomic E-state index is -0.489. The van der Waals surface area contributed by atoms with Gasteiger partial charge in [0, 0.05) is 5.57 Å². The molecule has 0 spiro atoms. The summed E-state index contributed by atoms with van der Waals surface area (Å²) in [6.45, 7) is 1.93. The maximum absolute atomic E-state index is 11.8. The minimum Gasteiger partial charge on any atom is -0.388 e. The van der Waals surface area contributed by atoms with Crippen LogP contribution in [0, 0.1) is 0 Å². The maximum atomic E-state index is 11.8. The molecule has 1 unspecified atom stereocenters. The third-order valence-corrected chi connectivity index (χ3v) is 3.84. The van der Waals surface area contributed by atoms with E-state index < -0.39 is 11.9 Å². The van der Waals surface area contributed by atoms with Crippen molar-refractivity contribution in [2.24, 2.45) is 0 Å². The smallest absolute Gasteiger partial charge is 0.229 e. The van der Waals surface area contributed by atoms with Crippen LogP contribution in [0.15, 0.2) is 12.1 Å². The Labute approximate surface area is 104 Å². The summed E-state index contributed by atoms with van der Waals surface area (Å²) in [6, 6.07) is 3.72. The Morgan fingerprint density at radius 3 is 2.78 bits per heavy atom. The second-order valence-electron chi connectivity index (χ2n) is 4.84. The molecule has 0 bridgehead atoms. The van der Waals surface area contributed by atoms with E-state index in [4.69, 9.17) is 0 Å². The van der Waals surface area contributed by atoms with E-state index >= 15 is 0 Å². The first-order valence-corrected chi connectivity index (χ1v) is 6.27. The average molecular weight is 242 g/mol. The van der Waals surface area contributed by atoms with Gasteiger partial charge in [0.1, 0.15) is 0 Å². The van der Waals surface area contributed by atoms with Crippen LogP contribution in [0.5, 0.6) is 0 Å². The number of rotatable bonds is 2. The molecule has 92 valence electrons. The molecular weight excluding hydrogens is 228 g/mol. The van der Waals surface area contributed by atoms with Crippen molar-refractivity contribution in [2.75, 3.05) is 0 Å². The first-order chi connectivity index (χ1) is 8.63. The molecule has 0 saturated heterocycles. The fourth-order valence-electron chi connectivity index (χ4n) is 2.92. The minimum absolute atomic E-state index is 0.371. The second kappa shape index (κ2) is 3.89. The summed E-state index contributed by atoms with van der Waals surface area (Å²) in [7, 11) is 0. The summed E-state index contributed by atoms with van der Waals surface area (Å²) >= 11 is 0. The Bertz CT molecular complexity index is 682. The van der Waals surface area contributed by atoms with E-state index in [0.29, 0.717) is 18.4 Å². The predicted octanol–water partition coefficient (Wildman–Crippen LogP) is 0.159. The van der Waals surface area contributed by atoms with Gasteiger partial charge in [0.25, 0.3) is 0 Å². The molecule has 1 aromatic rings. The standard InChI is InChI=1S/C15H14O3/c1-2-12(16)9-4-3-8-7-13(17)15(18)11-6-5-10(9)14(8)11/h3-4,7,12,16H,2,5-6H2,1H3. The lowest BCUT2D eigenvalue weighted by Crippen LogP contribution is -2.37. The van der Waals surface area contributed by atoms with Crippen LogP contribution in [0.3, 0.4) is 0 Å². The Morgan fingerprint density at radius 2 is 2.06 bits per heavy atom. The fraction of sp³-hybridized carbons (Fsp3) is 0.333. The van der Waals surface area contributed by atoms with E-state index in [2.05, 4.69) is 0 Å². The highest BCUT2D eigenvalue weighted by molar-refractivity contribution is 6.60. The van der Waals surface area contributed by atoms with Crippen LogP contribution in [0.2, 0.25) is 0 Å². The van der Waals surface area contributed by atoms with Crippen molar-refractivity contribution < 1.29 is 14.7 Å². The highest BCUT2D eigenvalue weighted by atomic mass is 16.3. The zero-order valence-corrected chi connectivity index (χ0v) is 10.2. The number of Topliss-reactive ketones (excluding diaryl/α,β-unsaturated/α-hetero) is 2. The summed E-state index contributed by atoms with van der Waals surface area (Å²) in [6.07, 6.45) is 2.94. The summed E-state index contributed by atoms with van der Waals surface area (Å²) in [5.74, 6) is -0.793. The predicted molar refractivity (Wildman–Crippen MR) is 67.2 cm³/mol. The monoisotopic (exact) mass is 242 g/mol. The average Bonchev–Trinajstić information content (AvgIpc) is 2.81. The summed E-state index contributed by atoms with van der Waals surface area (Å²) in [4.78, 5) is 23.4. The molecule has 3 nitrogen and oxygen atoms in total. The SMILES string of the molecule is CCC(O)c1ccc2c3c1CCC=3C(=O)C(=O)C=2. The lowest BCUT2D eigenvalue weighted by atomic mass is 9.95. The lowest BCUT2D eigenvalue weighted by Gasteiger charge is -2.13. The molecular formula is C15H14O3. The first-order valence-electron chi connectivity index (χ1n) is 6.27. The molecule has 2 aliphatic carbocycles. The molecule has 0 fully saturated rings. The number of carbonyl (C=O) groups excluding carboxylic acids is 2. The highest BCUT2D eigenvalue weighted by Gasteiger charge is 2.28. The Hall–Kier alpha value is -1.74. The van der Waals surface area contributed by atoms with Gasteiger partial charge in [0.05, 0.1) is 6.10 Å². The van der Waals surface area contributed by atoms with Crippen LogP contribution in [-0.2, 0) is 16.0 Å². The maximum Gasteiger partial charge on any atom is 0.229 e. The number of hydrogen-bond donors (Lipinski definition) is 1. The molecule has 0 radical (unpaired) electrons. The second-order valence-corrected chi connectivity index (χ2v) is 4.84. The molecule has 1 N–H and O–H groups in total. The molecule has 0 aliphatic heterocycles.